The summed E-state index contributed by atoms with van der Waals surface area (Å²) in [6, 6.07) is 8.48. The van der Waals surface area contributed by atoms with Crippen LogP contribution < -0.4 is 0 Å². The molecule has 2 heteroatoms. The number of hydrogen-bond acceptors (Lipinski definition) is 1. The van der Waals surface area contributed by atoms with Gasteiger partial charge in [-0.05, 0) is 67.1 Å². The average Bonchev–Trinajstić information content (AvgIpc) is 3.02. The molecule has 102 valence electrons. The first kappa shape index (κ1) is 12.4. The zero-order valence-electron chi connectivity index (χ0n) is 11.2. The van der Waals surface area contributed by atoms with E-state index in [9.17, 15) is 5.11 Å². The minimum absolute atomic E-state index is 0.413. The van der Waals surface area contributed by atoms with Crippen LogP contribution in [0.15, 0.2) is 28.7 Å². The molecule has 0 aromatic heterocycles. The molecule has 5 unspecified atom stereocenters. The number of hydrogen-bond donors (Lipinski definition) is 1. The molecule has 1 aromatic rings. The van der Waals surface area contributed by atoms with Gasteiger partial charge >= 0.3 is 0 Å². The summed E-state index contributed by atoms with van der Waals surface area (Å²) in [4.78, 5) is 0. The highest BCUT2D eigenvalue weighted by Crippen LogP contribution is 2.62. The Kier molecular flexibility index (Phi) is 2.82. The highest BCUT2D eigenvalue weighted by atomic mass is 79.9. The maximum atomic E-state index is 11.1. The van der Waals surface area contributed by atoms with Crippen molar-refractivity contribution < 1.29 is 5.11 Å². The fraction of sp³-hybridized carbons (Fsp3) is 0.647. The van der Waals surface area contributed by atoms with Gasteiger partial charge in [0, 0.05) is 10.9 Å². The lowest BCUT2D eigenvalue weighted by Crippen LogP contribution is -2.43. The van der Waals surface area contributed by atoms with Gasteiger partial charge < -0.3 is 5.11 Å². The molecule has 4 rings (SSSR count). The molecule has 3 aliphatic rings. The van der Waals surface area contributed by atoms with Crippen LogP contribution in [-0.4, -0.2) is 10.7 Å². The molecule has 3 fully saturated rings. The minimum atomic E-state index is -0.413. The molecule has 0 aliphatic heterocycles. The predicted octanol–water partition coefficient (Wildman–Crippen LogP) is 4.18. The van der Waals surface area contributed by atoms with E-state index in [1.165, 1.54) is 31.2 Å². The van der Waals surface area contributed by atoms with Crippen LogP contribution in [0.1, 0.15) is 37.7 Å². The van der Waals surface area contributed by atoms with Crippen LogP contribution in [0.25, 0.3) is 0 Å². The normalized spacial score (nSPS) is 43.7. The van der Waals surface area contributed by atoms with Crippen molar-refractivity contribution in [2.24, 2.45) is 23.7 Å². The summed E-state index contributed by atoms with van der Waals surface area (Å²) in [7, 11) is 0. The number of rotatable bonds is 2. The van der Waals surface area contributed by atoms with Gasteiger partial charge in [0.05, 0.1) is 5.60 Å². The third-order valence-corrected chi connectivity index (χ3v) is 6.56. The molecule has 0 saturated heterocycles. The van der Waals surface area contributed by atoms with Crippen molar-refractivity contribution in [2.75, 3.05) is 0 Å². The van der Waals surface area contributed by atoms with E-state index in [1.807, 2.05) is 0 Å². The topological polar surface area (TPSA) is 20.2 Å². The molecule has 0 amide bonds. The van der Waals surface area contributed by atoms with Crippen LogP contribution in [0.3, 0.4) is 0 Å². The second kappa shape index (κ2) is 4.33. The first-order valence-electron chi connectivity index (χ1n) is 7.62. The Hall–Kier alpha value is -0.340. The fourth-order valence-electron chi connectivity index (χ4n) is 5.39. The molecule has 0 heterocycles. The molecule has 5 atom stereocenters. The lowest BCUT2D eigenvalue weighted by molar-refractivity contribution is -0.0450. The van der Waals surface area contributed by atoms with E-state index in [1.54, 1.807) is 0 Å². The summed E-state index contributed by atoms with van der Waals surface area (Å²) in [5.41, 5.74) is 0.872. The summed E-state index contributed by atoms with van der Waals surface area (Å²) in [6.45, 7) is 0. The van der Waals surface area contributed by atoms with Crippen LogP contribution in [0.2, 0.25) is 0 Å². The predicted molar refractivity (Wildman–Crippen MR) is 79.8 cm³/mol. The summed E-state index contributed by atoms with van der Waals surface area (Å²) in [5, 5.41) is 11.1. The van der Waals surface area contributed by atoms with Gasteiger partial charge in [0.25, 0.3) is 0 Å². The number of halogens is 1. The SMILES string of the molecule is OC1(Cc2ccc(Br)cc2)CC2CC1C1CCCC21. The summed E-state index contributed by atoms with van der Waals surface area (Å²) in [5.74, 6) is 3.18. The van der Waals surface area contributed by atoms with Gasteiger partial charge in [-0.25, -0.2) is 0 Å². The molecule has 0 spiro atoms. The lowest BCUT2D eigenvalue weighted by Gasteiger charge is -2.39. The Labute approximate surface area is 123 Å². The molecule has 1 nitrogen and oxygen atoms in total. The van der Waals surface area contributed by atoms with Crippen LogP contribution in [0.5, 0.6) is 0 Å². The van der Waals surface area contributed by atoms with E-state index in [4.69, 9.17) is 0 Å². The van der Waals surface area contributed by atoms with Crippen LogP contribution in [0, 0.1) is 23.7 Å². The molecule has 19 heavy (non-hydrogen) atoms. The molecule has 3 saturated carbocycles. The van der Waals surface area contributed by atoms with Gasteiger partial charge in [-0.3, -0.25) is 0 Å². The quantitative estimate of drug-likeness (QED) is 0.866. The highest BCUT2D eigenvalue weighted by molar-refractivity contribution is 9.10. The fourth-order valence-corrected chi connectivity index (χ4v) is 5.66. The van der Waals surface area contributed by atoms with E-state index >= 15 is 0 Å². The van der Waals surface area contributed by atoms with Gasteiger partial charge in [0.15, 0.2) is 0 Å². The monoisotopic (exact) mass is 320 g/mol. The van der Waals surface area contributed by atoms with E-state index in [0.717, 1.165) is 35.1 Å². The third-order valence-electron chi connectivity index (χ3n) is 6.03. The Bertz CT molecular complexity index is 483. The second-order valence-corrected chi connectivity index (χ2v) is 7.89. The van der Waals surface area contributed by atoms with E-state index in [0.29, 0.717) is 5.92 Å². The molecule has 0 radical (unpaired) electrons. The van der Waals surface area contributed by atoms with Crippen molar-refractivity contribution >= 4 is 15.9 Å². The zero-order valence-corrected chi connectivity index (χ0v) is 12.8. The Balaban J connectivity index is 1.56. The van der Waals surface area contributed by atoms with E-state index in [2.05, 4.69) is 40.2 Å². The Morgan fingerprint density at radius 1 is 1.16 bits per heavy atom. The molecule has 2 bridgehead atoms. The van der Waals surface area contributed by atoms with Gasteiger partial charge in [0.1, 0.15) is 0 Å². The molecular weight excluding hydrogens is 300 g/mol. The van der Waals surface area contributed by atoms with Crippen LogP contribution in [0.4, 0.5) is 0 Å². The molecular formula is C17H21BrO. The lowest BCUT2D eigenvalue weighted by atomic mass is 9.71. The van der Waals surface area contributed by atoms with Crippen LogP contribution in [-0.2, 0) is 6.42 Å². The first-order chi connectivity index (χ1) is 9.16. The Morgan fingerprint density at radius 3 is 2.68 bits per heavy atom. The number of benzene rings is 1. The maximum absolute atomic E-state index is 11.1. The van der Waals surface area contributed by atoms with Crippen molar-refractivity contribution in [3.8, 4) is 0 Å². The van der Waals surface area contributed by atoms with Gasteiger partial charge in [-0.15, -0.1) is 0 Å². The smallest absolute Gasteiger partial charge is 0.0721 e. The van der Waals surface area contributed by atoms with Crippen molar-refractivity contribution in [3.05, 3.63) is 34.3 Å². The van der Waals surface area contributed by atoms with Crippen LogP contribution >= 0.6 is 15.9 Å². The standard InChI is InChI=1S/C17H21BrO/c18-13-6-4-11(5-7-13)9-17(19)10-12-8-16(17)15-3-1-2-14(12)15/h4-7,12,14-16,19H,1-3,8-10H2. The van der Waals surface area contributed by atoms with Gasteiger partial charge in [-0.1, -0.05) is 34.5 Å². The van der Waals surface area contributed by atoms with Crippen molar-refractivity contribution in [2.45, 2.75) is 44.1 Å². The number of aliphatic hydroxyl groups is 1. The third kappa shape index (κ3) is 1.91. The Morgan fingerprint density at radius 2 is 1.89 bits per heavy atom. The first-order valence-corrected chi connectivity index (χ1v) is 8.42. The van der Waals surface area contributed by atoms with E-state index in [-0.39, 0.29) is 0 Å². The highest BCUT2D eigenvalue weighted by Gasteiger charge is 2.59. The van der Waals surface area contributed by atoms with E-state index < -0.39 is 5.60 Å². The van der Waals surface area contributed by atoms with Crippen molar-refractivity contribution in [3.63, 3.8) is 0 Å². The van der Waals surface area contributed by atoms with Gasteiger partial charge in [-0.2, -0.15) is 0 Å². The summed E-state index contributed by atoms with van der Waals surface area (Å²) in [6.07, 6.45) is 7.40. The molecule has 1 N–H and O–H groups in total. The molecule has 1 aromatic carbocycles. The summed E-state index contributed by atoms with van der Waals surface area (Å²) >= 11 is 3.48. The van der Waals surface area contributed by atoms with Gasteiger partial charge in [0.2, 0.25) is 0 Å². The zero-order chi connectivity index (χ0) is 13.0. The minimum Gasteiger partial charge on any atom is -0.389 e. The molecule has 3 aliphatic carbocycles. The van der Waals surface area contributed by atoms with Crippen molar-refractivity contribution in [1.29, 1.82) is 0 Å². The average molecular weight is 321 g/mol. The van der Waals surface area contributed by atoms with Crippen molar-refractivity contribution in [1.82, 2.24) is 0 Å². The summed E-state index contributed by atoms with van der Waals surface area (Å²) < 4.78 is 1.12. The largest absolute Gasteiger partial charge is 0.389 e. The maximum Gasteiger partial charge on any atom is 0.0721 e. The second-order valence-electron chi connectivity index (χ2n) is 6.97. The number of fused-ring (bicyclic) bond motifs is 5.